The molecule has 5 heteroatoms. The Bertz CT molecular complexity index is 765. The number of anilines is 1. The van der Waals surface area contributed by atoms with E-state index in [0.717, 1.165) is 22.7 Å². The van der Waals surface area contributed by atoms with Crippen molar-refractivity contribution in [1.82, 2.24) is 9.78 Å². The second-order valence-corrected chi connectivity index (χ2v) is 5.02. The third kappa shape index (κ3) is 2.71. The van der Waals surface area contributed by atoms with E-state index in [-0.39, 0.29) is 0 Å². The van der Waals surface area contributed by atoms with Gasteiger partial charge in [0.1, 0.15) is 11.4 Å². The van der Waals surface area contributed by atoms with Gasteiger partial charge in [-0.05, 0) is 36.4 Å². The number of aromatic nitrogens is 2. The van der Waals surface area contributed by atoms with E-state index in [2.05, 4.69) is 5.10 Å². The van der Waals surface area contributed by atoms with Crippen LogP contribution in [0.4, 0.5) is 5.69 Å². The average Bonchev–Trinajstić information content (AvgIpc) is 2.90. The molecule has 0 fully saturated rings. The number of hydrogen-bond acceptors (Lipinski definition) is 3. The molecule has 0 radical (unpaired) electrons. The zero-order chi connectivity index (χ0) is 14.8. The van der Waals surface area contributed by atoms with E-state index >= 15 is 0 Å². The van der Waals surface area contributed by atoms with Crippen LogP contribution in [0.5, 0.6) is 5.75 Å². The molecule has 2 N–H and O–H groups in total. The Morgan fingerprint density at radius 2 is 1.90 bits per heavy atom. The predicted octanol–water partition coefficient (Wildman–Crippen LogP) is 3.78. The van der Waals surface area contributed by atoms with Crippen molar-refractivity contribution in [2.75, 3.05) is 12.8 Å². The van der Waals surface area contributed by atoms with Gasteiger partial charge < -0.3 is 10.5 Å². The van der Waals surface area contributed by atoms with Gasteiger partial charge in [-0.2, -0.15) is 5.10 Å². The Hall–Kier alpha value is -2.46. The summed E-state index contributed by atoms with van der Waals surface area (Å²) in [4.78, 5) is 0. The third-order valence-electron chi connectivity index (χ3n) is 3.18. The lowest BCUT2D eigenvalue weighted by atomic mass is 10.1. The Balaban J connectivity index is 2.03. The zero-order valence-electron chi connectivity index (χ0n) is 11.5. The zero-order valence-corrected chi connectivity index (χ0v) is 12.2. The van der Waals surface area contributed by atoms with E-state index in [1.807, 2.05) is 48.5 Å². The van der Waals surface area contributed by atoms with Gasteiger partial charge in [0.05, 0.1) is 24.7 Å². The maximum absolute atomic E-state index is 6.08. The summed E-state index contributed by atoms with van der Waals surface area (Å²) in [6, 6.07) is 15.1. The molecule has 1 heterocycles. The van der Waals surface area contributed by atoms with E-state index in [9.17, 15) is 0 Å². The summed E-state index contributed by atoms with van der Waals surface area (Å²) in [6.45, 7) is 0. The van der Waals surface area contributed by atoms with Gasteiger partial charge in [0.25, 0.3) is 0 Å². The van der Waals surface area contributed by atoms with Crippen LogP contribution in [0.25, 0.3) is 16.9 Å². The Morgan fingerprint density at radius 1 is 1.14 bits per heavy atom. The molecular formula is C16H14ClN3O. The third-order valence-corrected chi connectivity index (χ3v) is 3.43. The first kappa shape index (κ1) is 13.5. The van der Waals surface area contributed by atoms with Gasteiger partial charge in [0.15, 0.2) is 0 Å². The Kier molecular flexibility index (Phi) is 3.54. The lowest BCUT2D eigenvalue weighted by Gasteiger charge is -2.03. The molecule has 0 unspecified atom stereocenters. The molecule has 0 aliphatic heterocycles. The molecule has 0 atom stereocenters. The average molecular weight is 300 g/mol. The second-order valence-electron chi connectivity index (χ2n) is 4.59. The van der Waals surface area contributed by atoms with Gasteiger partial charge in [-0.15, -0.1) is 0 Å². The molecule has 0 aliphatic rings. The Morgan fingerprint density at radius 3 is 2.62 bits per heavy atom. The highest BCUT2D eigenvalue weighted by molar-refractivity contribution is 6.30. The van der Waals surface area contributed by atoms with E-state index in [1.165, 1.54) is 0 Å². The van der Waals surface area contributed by atoms with E-state index < -0.39 is 0 Å². The van der Waals surface area contributed by atoms with E-state index in [1.54, 1.807) is 18.0 Å². The van der Waals surface area contributed by atoms with Crippen molar-refractivity contribution in [3.8, 4) is 22.7 Å². The van der Waals surface area contributed by atoms with Crippen LogP contribution in [-0.4, -0.2) is 16.9 Å². The van der Waals surface area contributed by atoms with Crippen molar-refractivity contribution >= 4 is 17.3 Å². The van der Waals surface area contributed by atoms with Crippen LogP contribution >= 0.6 is 11.6 Å². The number of halogens is 1. The van der Waals surface area contributed by atoms with Crippen LogP contribution in [0.2, 0.25) is 5.02 Å². The minimum Gasteiger partial charge on any atom is -0.497 e. The number of nitrogens with two attached hydrogens (primary N) is 1. The molecule has 0 saturated heterocycles. The van der Waals surface area contributed by atoms with Crippen molar-refractivity contribution in [3.63, 3.8) is 0 Å². The Labute approximate surface area is 127 Å². The highest BCUT2D eigenvalue weighted by Gasteiger charge is 2.10. The second kappa shape index (κ2) is 5.50. The fourth-order valence-corrected chi connectivity index (χ4v) is 2.23. The van der Waals surface area contributed by atoms with E-state index in [4.69, 9.17) is 22.1 Å². The molecule has 2 aromatic carbocycles. The van der Waals surface area contributed by atoms with Crippen LogP contribution < -0.4 is 10.5 Å². The lowest BCUT2D eigenvalue weighted by Crippen LogP contribution is -1.94. The summed E-state index contributed by atoms with van der Waals surface area (Å²) >= 11 is 5.90. The minimum atomic E-state index is 0.609. The molecule has 3 aromatic rings. The van der Waals surface area contributed by atoms with Crippen molar-refractivity contribution in [1.29, 1.82) is 0 Å². The van der Waals surface area contributed by atoms with Crippen molar-refractivity contribution in [3.05, 3.63) is 59.8 Å². The highest BCUT2D eigenvalue weighted by atomic mass is 35.5. The smallest absolute Gasteiger partial charge is 0.119 e. The van der Waals surface area contributed by atoms with Crippen LogP contribution in [0.15, 0.2) is 54.7 Å². The van der Waals surface area contributed by atoms with Crippen molar-refractivity contribution in [2.24, 2.45) is 0 Å². The first-order valence-electron chi connectivity index (χ1n) is 6.43. The summed E-state index contributed by atoms with van der Waals surface area (Å²) in [5.41, 5.74) is 9.24. The van der Waals surface area contributed by atoms with Gasteiger partial charge in [-0.3, -0.25) is 0 Å². The summed E-state index contributed by atoms with van der Waals surface area (Å²) < 4.78 is 6.97. The number of nitrogens with zero attached hydrogens (tertiary/aromatic N) is 2. The van der Waals surface area contributed by atoms with Gasteiger partial charge in [-0.25, -0.2) is 4.68 Å². The molecule has 3 rings (SSSR count). The number of methoxy groups -OCH3 is 1. The summed E-state index contributed by atoms with van der Waals surface area (Å²) in [5.74, 6) is 0.771. The fraction of sp³-hybridized carbons (Fsp3) is 0.0625. The molecule has 0 amide bonds. The fourth-order valence-electron chi connectivity index (χ4n) is 2.11. The largest absolute Gasteiger partial charge is 0.497 e. The molecule has 0 bridgehead atoms. The molecule has 0 saturated carbocycles. The summed E-state index contributed by atoms with van der Waals surface area (Å²) in [5, 5.41) is 5.24. The number of rotatable bonds is 3. The standard InChI is InChI=1S/C16H14ClN3O/c1-21-14-4-2-3-11(9-14)16-15(18)10-20(19-16)13-7-5-12(17)6-8-13/h2-10H,18H2,1H3. The highest BCUT2D eigenvalue weighted by Crippen LogP contribution is 2.28. The first-order valence-corrected chi connectivity index (χ1v) is 6.80. The molecule has 0 aliphatic carbocycles. The predicted molar refractivity (Wildman–Crippen MR) is 85.0 cm³/mol. The number of hydrogen-bond donors (Lipinski definition) is 1. The number of ether oxygens (including phenoxy) is 1. The van der Waals surface area contributed by atoms with Crippen LogP contribution in [0, 0.1) is 0 Å². The molecule has 0 spiro atoms. The van der Waals surface area contributed by atoms with Crippen molar-refractivity contribution < 1.29 is 4.74 Å². The molecule has 1 aromatic heterocycles. The topological polar surface area (TPSA) is 53.1 Å². The molecule has 21 heavy (non-hydrogen) atoms. The lowest BCUT2D eigenvalue weighted by molar-refractivity contribution is 0.415. The van der Waals surface area contributed by atoms with Crippen molar-refractivity contribution in [2.45, 2.75) is 0 Å². The summed E-state index contributed by atoms with van der Waals surface area (Å²) in [6.07, 6.45) is 1.79. The van der Waals surface area contributed by atoms with Gasteiger partial charge in [0.2, 0.25) is 0 Å². The first-order chi connectivity index (χ1) is 10.2. The molecule has 106 valence electrons. The maximum Gasteiger partial charge on any atom is 0.119 e. The molecular weight excluding hydrogens is 286 g/mol. The van der Waals surface area contributed by atoms with Gasteiger partial charge in [0, 0.05) is 10.6 Å². The normalized spacial score (nSPS) is 10.6. The van der Waals surface area contributed by atoms with Crippen LogP contribution in [0.3, 0.4) is 0 Å². The monoisotopic (exact) mass is 299 g/mol. The minimum absolute atomic E-state index is 0.609. The number of benzene rings is 2. The van der Waals surface area contributed by atoms with Crippen LogP contribution in [-0.2, 0) is 0 Å². The summed E-state index contributed by atoms with van der Waals surface area (Å²) in [7, 11) is 1.63. The van der Waals surface area contributed by atoms with Gasteiger partial charge in [-0.1, -0.05) is 23.7 Å². The quantitative estimate of drug-likeness (QED) is 0.800. The van der Waals surface area contributed by atoms with Gasteiger partial charge >= 0.3 is 0 Å². The SMILES string of the molecule is COc1cccc(-c2nn(-c3ccc(Cl)cc3)cc2N)c1. The van der Waals surface area contributed by atoms with E-state index in [0.29, 0.717) is 10.7 Å². The molecule has 4 nitrogen and oxygen atoms in total. The van der Waals surface area contributed by atoms with Crippen LogP contribution in [0.1, 0.15) is 0 Å². The number of nitrogen functional groups attached to an aromatic ring is 1. The maximum atomic E-state index is 6.08.